The van der Waals surface area contributed by atoms with Gasteiger partial charge in [0.1, 0.15) is 0 Å². The van der Waals surface area contributed by atoms with Gasteiger partial charge in [0.25, 0.3) is 0 Å². The summed E-state index contributed by atoms with van der Waals surface area (Å²) in [5.41, 5.74) is 0. The third-order valence-electron chi connectivity index (χ3n) is 0.577. The summed E-state index contributed by atoms with van der Waals surface area (Å²) in [6, 6.07) is 0. The van der Waals surface area contributed by atoms with Gasteiger partial charge in [0.15, 0.2) is 0 Å². The first-order valence-corrected chi connectivity index (χ1v) is 1.58. The van der Waals surface area contributed by atoms with E-state index in [2.05, 4.69) is 0 Å². The van der Waals surface area contributed by atoms with Crippen LogP contribution in [0.15, 0.2) is 0 Å². The molecular formula is C3H10OSi. The summed E-state index contributed by atoms with van der Waals surface area (Å²) in [6.07, 6.45) is 1.28. The highest BCUT2D eigenvalue weighted by Gasteiger charge is 1.94. The van der Waals surface area contributed by atoms with Gasteiger partial charge in [0.05, 0.1) is 0 Å². The van der Waals surface area contributed by atoms with Crippen LogP contribution in [0.2, 0.25) is 0 Å². The van der Waals surface area contributed by atoms with E-state index in [9.17, 15) is 0 Å². The molecule has 0 unspecified atom stereocenters. The zero-order valence-electron chi connectivity index (χ0n) is 2.53. The quantitative estimate of drug-likeness (QED) is 0.345. The van der Waals surface area contributed by atoms with E-state index in [1.54, 1.807) is 0 Å². The second kappa shape index (κ2) is 2.42. The molecule has 1 aliphatic rings. The first kappa shape index (κ1) is 5.18. The molecule has 0 aromatic rings. The fraction of sp³-hybridized carbons (Fsp3) is 1.00. The van der Waals surface area contributed by atoms with Crippen molar-refractivity contribution in [3.63, 3.8) is 0 Å². The third kappa shape index (κ3) is 1.13. The van der Waals surface area contributed by atoms with Crippen molar-refractivity contribution in [2.24, 2.45) is 0 Å². The largest absolute Gasteiger partial charge is 0.381 e. The Bertz CT molecular complexity index is 14.9. The molecule has 0 amide bonds. The topological polar surface area (TPSA) is 9.23 Å². The van der Waals surface area contributed by atoms with Gasteiger partial charge in [-0.05, 0) is 17.4 Å². The maximum absolute atomic E-state index is 4.72. The van der Waals surface area contributed by atoms with Gasteiger partial charge in [-0.1, -0.05) is 0 Å². The summed E-state index contributed by atoms with van der Waals surface area (Å²) < 4.78 is 4.72. The molecule has 0 aromatic carbocycles. The predicted molar refractivity (Wildman–Crippen MR) is 26.8 cm³/mol. The summed E-state index contributed by atoms with van der Waals surface area (Å²) in [6.45, 7) is 2.00. The second-order valence-corrected chi connectivity index (χ2v) is 0.966. The highest BCUT2D eigenvalue weighted by molar-refractivity contribution is 5.75. The van der Waals surface area contributed by atoms with Gasteiger partial charge < -0.3 is 4.74 Å². The normalized spacial score (nSPS) is 19.2. The van der Waals surface area contributed by atoms with Crippen LogP contribution in [0.1, 0.15) is 6.42 Å². The van der Waals surface area contributed by atoms with Crippen molar-refractivity contribution in [1.29, 1.82) is 0 Å². The zero-order chi connectivity index (χ0) is 2.83. The number of hydrogen-bond donors (Lipinski definition) is 0. The molecule has 0 aromatic heterocycles. The maximum atomic E-state index is 4.72. The van der Waals surface area contributed by atoms with Gasteiger partial charge in [-0.2, -0.15) is 0 Å². The van der Waals surface area contributed by atoms with Gasteiger partial charge >= 0.3 is 0 Å². The molecule has 1 saturated heterocycles. The Morgan fingerprint density at radius 3 is 1.40 bits per heavy atom. The lowest BCUT2D eigenvalue weighted by Crippen LogP contribution is -2.09. The highest BCUT2D eigenvalue weighted by Crippen LogP contribution is 1.92. The van der Waals surface area contributed by atoms with Crippen LogP contribution in [0.5, 0.6) is 0 Å². The van der Waals surface area contributed by atoms with Crippen LogP contribution in [0, 0.1) is 0 Å². The van der Waals surface area contributed by atoms with Gasteiger partial charge in [0, 0.05) is 13.2 Å². The minimum absolute atomic E-state index is 0. The number of rotatable bonds is 0. The lowest BCUT2D eigenvalue weighted by molar-refractivity contribution is 0.0367. The smallest absolute Gasteiger partial charge is 0.0488 e. The Balaban J connectivity index is 0.000000160. The van der Waals surface area contributed by atoms with Crippen molar-refractivity contribution in [3.05, 3.63) is 0 Å². The first-order valence-electron chi connectivity index (χ1n) is 1.58. The van der Waals surface area contributed by atoms with E-state index in [1.165, 1.54) is 6.42 Å². The van der Waals surface area contributed by atoms with E-state index < -0.39 is 0 Å². The fourth-order valence-electron chi connectivity index (χ4n) is 0.144. The number of ether oxygens (including phenoxy) is 1. The van der Waals surface area contributed by atoms with Crippen LogP contribution in [-0.2, 0) is 4.74 Å². The van der Waals surface area contributed by atoms with E-state index in [4.69, 9.17) is 4.74 Å². The molecule has 0 saturated carbocycles. The SMILES string of the molecule is C1COC1.[SiH4]. The fourth-order valence-corrected chi connectivity index (χ4v) is 0.144. The molecule has 0 radical (unpaired) electrons. The van der Waals surface area contributed by atoms with Crippen LogP contribution in [0.4, 0.5) is 0 Å². The first-order chi connectivity index (χ1) is 2.00. The van der Waals surface area contributed by atoms with E-state index in [0.717, 1.165) is 13.2 Å². The van der Waals surface area contributed by atoms with Crippen molar-refractivity contribution < 1.29 is 4.74 Å². The molecule has 0 spiro atoms. The Morgan fingerprint density at radius 2 is 1.40 bits per heavy atom. The van der Waals surface area contributed by atoms with Gasteiger partial charge in [-0.3, -0.25) is 0 Å². The van der Waals surface area contributed by atoms with Crippen LogP contribution < -0.4 is 0 Å². The molecule has 5 heavy (non-hydrogen) atoms. The number of hydrogen-bond acceptors (Lipinski definition) is 1. The molecule has 1 rings (SSSR count). The molecule has 0 aliphatic carbocycles. The summed E-state index contributed by atoms with van der Waals surface area (Å²) >= 11 is 0. The van der Waals surface area contributed by atoms with Crippen molar-refractivity contribution in [2.45, 2.75) is 6.42 Å². The molecule has 2 heteroatoms. The Kier molecular flexibility index (Phi) is 2.50. The minimum atomic E-state index is 0. The lowest BCUT2D eigenvalue weighted by Gasteiger charge is -2.09. The molecular weight excluding hydrogens is 80.1 g/mol. The predicted octanol–water partition coefficient (Wildman–Crippen LogP) is -1.04. The van der Waals surface area contributed by atoms with Crippen molar-refractivity contribution in [1.82, 2.24) is 0 Å². The maximum Gasteiger partial charge on any atom is 0.0488 e. The Labute approximate surface area is 36.4 Å². The molecule has 32 valence electrons. The highest BCUT2D eigenvalue weighted by atomic mass is 28.1. The van der Waals surface area contributed by atoms with Crippen molar-refractivity contribution in [3.8, 4) is 0 Å². The second-order valence-electron chi connectivity index (χ2n) is 0.966. The monoisotopic (exact) mass is 90.1 g/mol. The Morgan fingerprint density at radius 1 is 1.20 bits per heavy atom. The van der Waals surface area contributed by atoms with E-state index in [0.29, 0.717) is 0 Å². The van der Waals surface area contributed by atoms with Crippen LogP contribution in [0.3, 0.4) is 0 Å². The average molecular weight is 90.2 g/mol. The molecule has 0 atom stereocenters. The molecule has 1 nitrogen and oxygen atoms in total. The standard InChI is InChI=1S/C3H6O.H4Si/c1-2-4-3-1;/h1-3H2;1H4. The molecule has 0 N–H and O–H groups in total. The van der Waals surface area contributed by atoms with Crippen molar-refractivity contribution in [2.75, 3.05) is 13.2 Å². The molecule has 0 bridgehead atoms. The van der Waals surface area contributed by atoms with Gasteiger partial charge in [-0.15, -0.1) is 0 Å². The van der Waals surface area contributed by atoms with E-state index in [1.807, 2.05) is 0 Å². The summed E-state index contributed by atoms with van der Waals surface area (Å²) in [5, 5.41) is 0. The Hall–Kier alpha value is 0.177. The zero-order valence-corrected chi connectivity index (χ0v) is 2.53. The van der Waals surface area contributed by atoms with E-state index in [-0.39, 0.29) is 11.0 Å². The lowest BCUT2D eigenvalue weighted by atomic mass is 10.4. The molecule has 1 fully saturated rings. The van der Waals surface area contributed by atoms with Crippen LogP contribution in [-0.4, -0.2) is 24.2 Å². The van der Waals surface area contributed by atoms with E-state index >= 15 is 0 Å². The van der Waals surface area contributed by atoms with Crippen LogP contribution in [0.25, 0.3) is 0 Å². The van der Waals surface area contributed by atoms with Gasteiger partial charge in [-0.25, -0.2) is 0 Å². The summed E-state index contributed by atoms with van der Waals surface area (Å²) in [5.74, 6) is 0. The molecule has 1 heterocycles. The van der Waals surface area contributed by atoms with Crippen molar-refractivity contribution >= 4 is 11.0 Å². The van der Waals surface area contributed by atoms with Crippen LogP contribution >= 0.6 is 0 Å². The average Bonchev–Trinajstić information content (AvgIpc) is 0.722. The van der Waals surface area contributed by atoms with Gasteiger partial charge in [0.2, 0.25) is 0 Å². The summed E-state index contributed by atoms with van der Waals surface area (Å²) in [4.78, 5) is 0. The third-order valence-corrected chi connectivity index (χ3v) is 0.577. The summed E-state index contributed by atoms with van der Waals surface area (Å²) in [7, 11) is 0. The molecule has 1 aliphatic heterocycles. The minimum Gasteiger partial charge on any atom is -0.381 e.